The van der Waals surface area contributed by atoms with Gasteiger partial charge in [0, 0.05) is 30.6 Å². The van der Waals surface area contributed by atoms with Crippen molar-refractivity contribution in [1.82, 2.24) is 10.2 Å². The molecule has 0 aromatic heterocycles. The molecule has 3 heteroatoms. The van der Waals surface area contributed by atoms with Crippen LogP contribution >= 0.6 is 0 Å². The van der Waals surface area contributed by atoms with E-state index in [9.17, 15) is 0 Å². The van der Waals surface area contributed by atoms with Crippen molar-refractivity contribution in [3.8, 4) is 5.75 Å². The molecule has 1 aromatic rings. The van der Waals surface area contributed by atoms with Gasteiger partial charge in [0.05, 0.1) is 6.61 Å². The van der Waals surface area contributed by atoms with E-state index in [1.54, 1.807) is 0 Å². The number of piperidine rings is 1. The van der Waals surface area contributed by atoms with Gasteiger partial charge in [0.25, 0.3) is 0 Å². The highest BCUT2D eigenvalue weighted by Gasteiger charge is 2.31. The van der Waals surface area contributed by atoms with Crippen LogP contribution in [0.25, 0.3) is 0 Å². The van der Waals surface area contributed by atoms with Crippen molar-refractivity contribution >= 4 is 0 Å². The van der Waals surface area contributed by atoms with Crippen LogP contribution in [0.1, 0.15) is 37.8 Å². The molecule has 3 rings (SSSR count). The lowest BCUT2D eigenvalue weighted by Crippen LogP contribution is -2.48. The van der Waals surface area contributed by atoms with Crippen molar-refractivity contribution in [3.63, 3.8) is 0 Å². The van der Waals surface area contributed by atoms with E-state index in [4.69, 9.17) is 4.74 Å². The molecular formula is C16H24N2O. The van der Waals surface area contributed by atoms with E-state index in [1.165, 1.54) is 24.9 Å². The average molecular weight is 260 g/mol. The molecule has 2 aliphatic heterocycles. The van der Waals surface area contributed by atoms with Crippen molar-refractivity contribution in [2.45, 2.75) is 38.3 Å². The predicted molar refractivity (Wildman–Crippen MR) is 77.6 cm³/mol. The number of hydrogen-bond donors (Lipinski definition) is 1. The van der Waals surface area contributed by atoms with Crippen LogP contribution in [0, 0.1) is 0 Å². The molecule has 3 nitrogen and oxygen atoms in total. The smallest absolute Gasteiger partial charge is 0.124 e. The first-order valence-corrected chi connectivity index (χ1v) is 7.58. The maximum Gasteiger partial charge on any atom is 0.124 e. The van der Waals surface area contributed by atoms with Gasteiger partial charge in [-0.2, -0.15) is 0 Å². The third-order valence-corrected chi connectivity index (χ3v) is 4.43. The number of hydrogen-bond acceptors (Lipinski definition) is 3. The number of para-hydroxylation sites is 1. The summed E-state index contributed by atoms with van der Waals surface area (Å²) < 4.78 is 5.79. The van der Waals surface area contributed by atoms with Crippen LogP contribution in [-0.2, 0) is 0 Å². The third-order valence-electron chi connectivity index (χ3n) is 4.43. The zero-order chi connectivity index (χ0) is 13.1. The first-order chi connectivity index (χ1) is 9.40. The van der Waals surface area contributed by atoms with E-state index in [0.29, 0.717) is 12.1 Å². The summed E-state index contributed by atoms with van der Waals surface area (Å²) in [5, 5.41) is 3.54. The fourth-order valence-corrected chi connectivity index (χ4v) is 3.52. The van der Waals surface area contributed by atoms with Crippen LogP contribution in [0.15, 0.2) is 24.3 Å². The van der Waals surface area contributed by atoms with Crippen molar-refractivity contribution in [2.24, 2.45) is 0 Å². The molecule has 19 heavy (non-hydrogen) atoms. The fourth-order valence-electron chi connectivity index (χ4n) is 3.52. The predicted octanol–water partition coefficient (Wildman–Crippen LogP) is 2.58. The summed E-state index contributed by atoms with van der Waals surface area (Å²) in [7, 11) is 0. The Kier molecular flexibility index (Phi) is 4.04. The standard InChI is InChI=1S/C16H24N2O/c1-2-18(13-6-5-10-17-12-13)15-9-11-19-16-8-4-3-7-14(15)16/h3-4,7-8,13,15,17H,2,5-6,9-12H2,1H3. The summed E-state index contributed by atoms with van der Waals surface area (Å²) in [6.45, 7) is 6.56. The lowest BCUT2D eigenvalue weighted by molar-refractivity contribution is 0.0871. The molecule has 1 N–H and O–H groups in total. The molecule has 1 aromatic carbocycles. The first kappa shape index (κ1) is 12.9. The Bertz CT molecular complexity index is 415. The summed E-state index contributed by atoms with van der Waals surface area (Å²) in [6, 6.07) is 9.74. The maximum atomic E-state index is 5.79. The molecule has 0 amide bonds. The molecular weight excluding hydrogens is 236 g/mol. The Morgan fingerprint density at radius 2 is 2.21 bits per heavy atom. The van der Waals surface area contributed by atoms with E-state index in [1.807, 2.05) is 0 Å². The van der Waals surface area contributed by atoms with Crippen LogP contribution in [-0.4, -0.2) is 37.2 Å². The Labute approximate surface area is 115 Å². The van der Waals surface area contributed by atoms with Gasteiger partial charge in [-0.15, -0.1) is 0 Å². The minimum absolute atomic E-state index is 0.528. The van der Waals surface area contributed by atoms with E-state index in [2.05, 4.69) is 41.4 Å². The quantitative estimate of drug-likeness (QED) is 0.904. The second-order valence-corrected chi connectivity index (χ2v) is 5.52. The highest BCUT2D eigenvalue weighted by molar-refractivity contribution is 5.37. The van der Waals surface area contributed by atoms with Gasteiger partial charge < -0.3 is 10.1 Å². The van der Waals surface area contributed by atoms with Crippen LogP contribution < -0.4 is 10.1 Å². The minimum atomic E-state index is 0.528. The van der Waals surface area contributed by atoms with E-state index in [0.717, 1.165) is 31.9 Å². The second kappa shape index (κ2) is 5.93. The van der Waals surface area contributed by atoms with E-state index in [-0.39, 0.29) is 0 Å². The fraction of sp³-hybridized carbons (Fsp3) is 0.625. The summed E-state index contributed by atoms with van der Waals surface area (Å²) in [4.78, 5) is 2.67. The second-order valence-electron chi connectivity index (χ2n) is 5.52. The first-order valence-electron chi connectivity index (χ1n) is 7.58. The highest BCUT2D eigenvalue weighted by Crippen LogP contribution is 2.37. The Morgan fingerprint density at radius 1 is 1.32 bits per heavy atom. The number of nitrogens with zero attached hydrogens (tertiary/aromatic N) is 1. The van der Waals surface area contributed by atoms with Gasteiger partial charge in [-0.3, -0.25) is 4.90 Å². The number of nitrogens with one attached hydrogen (secondary N) is 1. The van der Waals surface area contributed by atoms with Gasteiger partial charge in [0.15, 0.2) is 0 Å². The number of likely N-dealkylation sites (N-methyl/N-ethyl adjacent to an activating group) is 1. The zero-order valence-corrected chi connectivity index (χ0v) is 11.8. The Balaban J connectivity index is 1.83. The van der Waals surface area contributed by atoms with Gasteiger partial charge in [0.1, 0.15) is 5.75 Å². The van der Waals surface area contributed by atoms with Crippen LogP contribution in [0.2, 0.25) is 0 Å². The molecule has 0 aliphatic carbocycles. The van der Waals surface area contributed by atoms with Gasteiger partial charge >= 0.3 is 0 Å². The van der Waals surface area contributed by atoms with E-state index >= 15 is 0 Å². The molecule has 0 spiro atoms. The number of fused-ring (bicyclic) bond motifs is 1. The SMILES string of the molecule is CCN(C1CCCNC1)C1CCOc2ccccc21. The van der Waals surface area contributed by atoms with Gasteiger partial charge in [-0.25, -0.2) is 0 Å². The van der Waals surface area contributed by atoms with Gasteiger partial charge in [-0.05, 0) is 32.0 Å². The molecule has 2 heterocycles. The maximum absolute atomic E-state index is 5.79. The molecule has 2 atom stereocenters. The molecule has 1 fully saturated rings. The summed E-state index contributed by atoms with van der Waals surface area (Å²) in [5.74, 6) is 1.08. The number of ether oxygens (including phenoxy) is 1. The lowest BCUT2D eigenvalue weighted by atomic mass is 9.95. The average Bonchev–Trinajstić information content (AvgIpc) is 2.49. The van der Waals surface area contributed by atoms with Crippen molar-refractivity contribution in [3.05, 3.63) is 29.8 Å². The van der Waals surface area contributed by atoms with Gasteiger partial charge in [-0.1, -0.05) is 25.1 Å². The lowest BCUT2D eigenvalue weighted by Gasteiger charge is -2.41. The van der Waals surface area contributed by atoms with Crippen molar-refractivity contribution < 1.29 is 4.74 Å². The zero-order valence-electron chi connectivity index (χ0n) is 11.8. The minimum Gasteiger partial charge on any atom is -0.493 e. The topological polar surface area (TPSA) is 24.5 Å². The number of rotatable bonds is 3. The normalized spacial score (nSPS) is 26.8. The number of benzene rings is 1. The van der Waals surface area contributed by atoms with Crippen molar-refractivity contribution in [2.75, 3.05) is 26.2 Å². The Morgan fingerprint density at radius 3 is 3.00 bits per heavy atom. The van der Waals surface area contributed by atoms with Crippen LogP contribution in [0.4, 0.5) is 0 Å². The van der Waals surface area contributed by atoms with Gasteiger partial charge in [0.2, 0.25) is 0 Å². The monoisotopic (exact) mass is 260 g/mol. The largest absolute Gasteiger partial charge is 0.493 e. The third kappa shape index (κ3) is 2.63. The summed E-state index contributed by atoms with van der Waals surface area (Å²) >= 11 is 0. The molecule has 0 bridgehead atoms. The molecule has 104 valence electrons. The van der Waals surface area contributed by atoms with Crippen LogP contribution in [0.3, 0.4) is 0 Å². The molecule has 2 aliphatic rings. The summed E-state index contributed by atoms with van der Waals surface area (Å²) in [5.41, 5.74) is 1.38. The highest BCUT2D eigenvalue weighted by atomic mass is 16.5. The van der Waals surface area contributed by atoms with Crippen LogP contribution in [0.5, 0.6) is 5.75 Å². The van der Waals surface area contributed by atoms with E-state index < -0.39 is 0 Å². The molecule has 0 radical (unpaired) electrons. The summed E-state index contributed by atoms with van der Waals surface area (Å²) in [6.07, 6.45) is 3.73. The van der Waals surface area contributed by atoms with Crippen molar-refractivity contribution in [1.29, 1.82) is 0 Å². The molecule has 0 saturated carbocycles. The Hall–Kier alpha value is -1.06. The molecule has 2 unspecified atom stereocenters. The molecule has 1 saturated heterocycles.